The van der Waals surface area contributed by atoms with E-state index in [1.807, 2.05) is 41.3 Å². The molecule has 5 rings (SSSR count). The van der Waals surface area contributed by atoms with Crippen LogP contribution in [0.5, 0.6) is 11.5 Å². The summed E-state index contributed by atoms with van der Waals surface area (Å²) < 4.78 is 11.4. The number of likely N-dealkylation sites (tertiary alicyclic amines) is 1. The minimum absolute atomic E-state index is 0.0241. The van der Waals surface area contributed by atoms with Crippen molar-refractivity contribution in [3.63, 3.8) is 0 Å². The average Bonchev–Trinajstić information content (AvgIpc) is 2.98. The van der Waals surface area contributed by atoms with Gasteiger partial charge < -0.3 is 29.3 Å². The second-order valence-corrected chi connectivity index (χ2v) is 10.2. The van der Waals surface area contributed by atoms with Crippen LogP contribution in [0.15, 0.2) is 60.7 Å². The number of rotatable bonds is 10. The first-order chi connectivity index (χ1) is 19.1. The topological polar surface area (TPSA) is 82.5 Å². The summed E-state index contributed by atoms with van der Waals surface area (Å²) in [4.78, 5) is 31.1. The van der Waals surface area contributed by atoms with Gasteiger partial charge in [0.25, 0.3) is 5.91 Å². The molecule has 0 saturated carbocycles. The number of nitrogens with zero attached hydrogens (tertiary/aromatic N) is 3. The number of aliphatic carboxylic acids is 1. The second kappa shape index (κ2) is 12.8. The molecule has 2 aliphatic heterocycles. The van der Waals surface area contributed by atoms with E-state index in [-0.39, 0.29) is 5.91 Å². The van der Waals surface area contributed by atoms with E-state index in [0.29, 0.717) is 24.4 Å². The minimum atomic E-state index is -1.04. The van der Waals surface area contributed by atoms with Gasteiger partial charge in [-0.15, -0.1) is 0 Å². The number of benzene rings is 3. The van der Waals surface area contributed by atoms with Gasteiger partial charge in [-0.3, -0.25) is 4.79 Å². The maximum absolute atomic E-state index is 13.5. The lowest BCUT2D eigenvalue weighted by Gasteiger charge is -2.36. The van der Waals surface area contributed by atoms with Crippen LogP contribution in [0.3, 0.4) is 0 Å². The van der Waals surface area contributed by atoms with Gasteiger partial charge in [0, 0.05) is 49.4 Å². The van der Waals surface area contributed by atoms with Crippen LogP contribution < -0.4 is 14.4 Å². The van der Waals surface area contributed by atoms with Crippen molar-refractivity contribution in [3.8, 4) is 11.5 Å². The molecule has 3 aromatic rings. The highest BCUT2D eigenvalue weighted by atomic mass is 16.5. The molecule has 206 valence electrons. The SMILES string of the molecule is O=C(O)COc1ccc(C(=O)N2CCN(c3ccc(OCCCN4CCCCC4)cc3)CC2)c2ccccc12. The van der Waals surface area contributed by atoms with E-state index < -0.39 is 12.6 Å². The lowest BCUT2D eigenvalue weighted by molar-refractivity contribution is -0.139. The third kappa shape index (κ3) is 6.81. The summed E-state index contributed by atoms with van der Waals surface area (Å²) in [6.45, 7) is 6.61. The lowest BCUT2D eigenvalue weighted by atomic mass is 10.0. The predicted octanol–water partition coefficient (Wildman–Crippen LogP) is 4.52. The second-order valence-electron chi connectivity index (χ2n) is 10.2. The number of fused-ring (bicyclic) bond motifs is 1. The summed E-state index contributed by atoms with van der Waals surface area (Å²) in [5.41, 5.74) is 1.73. The number of amides is 1. The Balaban J connectivity index is 1.13. The molecule has 2 heterocycles. The third-order valence-corrected chi connectivity index (χ3v) is 7.57. The minimum Gasteiger partial charge on any atom is -0.494 e. The van der Waals surface area contributed by atoms with Crippen LogP contribution in [0.25, 0.3) is 10.8 Å². The van der Waals surface area contributed by atoms with Crippen molar-refractivity contribution in [3.05, 3.63) is 66.2 Å². The Morgan fingerprint density at radius 2 is 1.49 bits per heavy atom. The van der Waals surface area contributed by atoms with Crippen molar-refractivity contribution < 1.29 is 24.2 Å². The Morgan fingerprint density at radius 3 is 2.21 bits per heavy atom. The van der Waals surface area contributed by atoms with Gasteiger partial charge in [-0.25, -0.2) is 4.79 Å². The zero-order chi connectivity index (χ0) is 27.0. The van der Waals surface area contributed by atoms with Gasteiger partial charge in [0.15, 0.2) is 6.61 Å². The van der Waals surface area contributed by atoms with E-state index in [1.165, 1.54) is 32.4 Å². The van der Waals surface area contributed by atoms with Crippen LogP contribution in [0.4, 0.5) is 5.69 Å². The molecule has 0 radical (unpaired) electrons. The molecule has 2 saturated heterocycles. The van der Waals surface area contributed by atoms with E-state index in [1.54, 1.807) is 12.1 Å². The fourth-order valence-electron chi connectivity index (χ4n) is 5.48. The maximum Gasteiger partial charge on any atom is 0.341 e. The fourth-order valence-corrected chi connectivity index (χ4v) is 5.48. The first-order valence-corrected chi connectivity index (χ1v) is 13.9. The molecule has 0 aromatic heterocycles. The highest BCUT2D eigenvalue weighted by Crippen LogP contribution is 2.30. The van der Waals surface area contributed by atoms with Gasteiger partial charge in [0.1, 0.15) is 11.5 Å². The number of carboxylic acid groups (broad SMARTS) is 1. The van der Waals surface area contributed by atoms with Crippen molar-refractivity contribution >= 4 is 28.3 Å². The standard InChI is InChI=1S/C31H37N3O5/c35-30(36)23-39-29-14-13-28(26-7-2-3-8-27(26)29)31(37)34-20-18-33(19-21-34)24-9-11-25(12-10-24)38-22-6-17-32-15-4-1-5-16-32/h2-3,7-14H,1,4-6,15-23H2,(H,35,36). The van der Waals surface area contributed by atoms with Crippen LogP contribution >= 0.6 is 0 Å². The molecule has 2 fully saturated rings. The molecular weight excluding hydrogens is 494 g/mol. The summed E-state index contributed by atoms with van der Waals surface area (Å²) in [6, 6.07) is 19.1. The smallest absolute Gasteiger partial charge is 0.341 e. The van der Waals surface area contributed by atoms with Crippen LogP contribution in [0.2, 0.25) is 0 Å². The van der Waals surface area contributed by atoms with E-state index in [2.05, 4.69) is 21.9 Å². The largest absolute Gasteiger partial charge is 0.494 e. The molecule has 3 aromatic carbocycles. The van der Waals surface area contributed by atoms with Crippen molar-refractivity contribution in [2.75, 3.05) is 63.9 Å². The van der Waals surface area contributed by atoms with Crippen molar-refractivity contribution in [2.45, 2.75) is 25.7 Å². The lowest BCUT2D eigenvalue weighted by Crippen LogP contribution is -2.48. The van der Waals surface area contributed by atoms with Crippen LogP contribution in [-0.2, 0) is 4.79 Å². The number of piperidine rings is 1. The van der Waals surface area contributed by atoms with Gasteiger partial charge in [-0.05, 0) is 74.1 Å². The zero-order valence-electron chi connectivity index (χ0n) is 22.4. The Kier molecular flexibility index (Phi) is 8.83. The summed E-state index contributed by atoms with van der Waals surface area (Å²) in [5.74, 6) is 0.295. The first kappa shape index (κ1) is 26.8. The molecular formula is C31H37N3O5. The monoisotopic (exact) mass is 531 g/mol. The Morgan fingerprint density at radius 1 is 0.769 bits per heavy atom. The van der Waals surface area contributed by atoms with E-state index in [0.717, 1.165) is 54.9 Å². The summed E-state index contributed by atoms with van der Waals surface area (Å²) in [5, 5.41) is 10.5. The van der Waals surface area contributed by atoms with Crippen molar-refractivity contribution in [1.82, 2.24) is 9.80 Å². The molecule has 0 atom stereocenters. The van der Waals surface area contributed by atoms with Gasteiger partial charge in [-0.2, -0.15) is 0 Å². The normalized spacial score (nSPS) is 16.3. The van der Waals surface area contributed by atoms with Crippen LogP contribution in [0, 0.1) is 0 Å². The molecule has 1 amide bonds. The van der Waals surface area contributed by atoms with Crippen LogP contribution in [0.1, 0.15) is 36.0 Å². The van der Waals surface area contributed by atoms with Gasteiger partial charge in [0.05, 0.1) is 6.61 Å². The van der Waals surface area contributed by atoms with E-state index >= 15 is 0 Å². The quantitative estimate of drug-likeness (QED) is 0.385. The molecule has 8 nitrogen and oxygen atoms in total. The summed E-state index contributed by atoms with van der Waals surface area (Å²) in [6.07, 6.45) is 5.05. The number of hydrogen-bond acceptors (Lipinski definition) is 6. The summed E-state index contributed by atoms with van der Waals surface area (Å²) in [7, 11) is 0. The zero-order valence-corrected chi connectivity index (χ0v) is 22.4. The molecule has 39 heavy (non-hydrogen) atoms. The Bertz CT molecular complexity index is 1260. The van der Waals surface area contributed by atoms with Gasteiger partial charge >= 0.3 is 5.97 Å². The molecule has 0 aliphatic carbocycles. The molecule has 0 spiro atoms. The van der Waals surface area contributed by atoms with E-state index in [4.69, 9.17) is 14.6 Å². The van der Waals surface area contributed by atoms with Crippen molar-refractivity contribution in [1.29, 1.82) is 0 Å². The number of carbonyl (C=O) groups excluding carboxylic acids is 1. The number of hydrogen-bond donors (Lipinski definition) is 1. The number of carboxylic acids is 1. The number of carbonyl (C=O) groups is 2. The van der Waals surface area contributed by atoms with Gasteiger partial charge in [-0.1, -0.05) is 30.7 Å². The third-order valence-electron chi connectivity index (χ3n) is 7.57. The highest BCUT2D eigenvalue weighted by molar-refractivity contribution is 6.08. The van der Waals surface area contributed by atoms with Crippen molar-refractivity contribution in [2.24, 2.45) is 0 Å². The Labute approximate surface area is 229 Å². The number of anilines is 1. The fraction of sp³-hybridized carbons (Fsp3) is 0.419. The number of piperazine rings is 1. The van der Waals surface area contributed by atoms with Gasteiger partial charge in [0.2, 0.25) is 0 Å². The molecule has 1 N–H and O–H groups in total. The number of ether oxygens (including phenoxy) is 2. The molecule has 0 bridgehead atoms. The van der Waals surface area contributed by atoms with E-state index in [9.17, 15) is 9.59 Å². The highest BCUT2D eigenvalue weighted by Gasteiger charge is 2.24. The predicted molar refractivity (Wildman–Crippen MR) is 152 cm³/mol. The molecule has 0 unspecified atom stereocenters. The Hall–Kier alpha value is -3.78. The average molecular weight is 532 g/mol. The molecule has 8 heteroatoms. The summed E-state index contributed by atoms with van der Waals surface area (Å²) >= 11 is 0. The first-order valence-electron chi connectivity index (χ1n) is 13.9. The maximum atomic E-state index is 13.5. The van der Waals surface area contributed by atoms with Crippen LogP contribution in [-0.4, -0.2) is 85.8 Å². The molecule has 2 aliphatic rings.